The molecule has 3 N–H and O–H groups in total. The predicted molar refractivity (Wildman–Crippen MR) is 123 cm³/mol. The first-order chi connectivity index (χ1) is 15.2. The molecule has 12 atom stereocenters. The van der Waals surface area contributed by atoms with Gasteiger partial charge in [-0.25, -0.2) is 0 Å². The summed E-state index contributed by atoms with van der Waals surface area (Å²) in [6, 6.07) is 0. The molecule has 1 saturated heterocycles. The quantitative estimate of drug-likeness (QED) is 0.572. The molecule has 3 saturated carbocycles. The summed E-state index contributed by atoms with van der Waals surface area (Å²) in [6.45, 7) is 10.9. The Morgan fingerprint density at radius 2 is 1.81 bits per heavy atom. The Balaban J connectivity index is 1.30. The molecule has 32 heavy (non-hydrogen) atoms. The molecule has 4 fully saturated rings. The second-order valence-electron chi connectivity index (χ2n) is 11.9. The van der Waals surface area contributed by atoms with Crippen molar-refractivity contribution in [3.05, 3.63) is 24.3 Å². The minimum Gasteiger partial charge on any atom is -0.388 e. The van der Waals surface area contributed by atoms with Crippen molar-refractivity contribution >= 4 is 0 Å². The zero-order valence-electron chi connectivity index (χ0n) is 20.0. The Hall–Kier alpha value is -0.720. The number of allylic oxidation sites excluding steroid dienone is 2. The van der Waals surface area contributed by atoms with Crippen molar-refractivity contribution in [2.24, 2.45) is 34.5 Å². The van der Waals surface area contributed by atoms with Crippen molar-refractivity contribution in [2.45, 2.75) is 109 Å². The standard InChI is InChI=1S/C27H42O5/c1-5-16-7-9-20-19-8-6-17-14-18(32-25-24(30)23(29)22(28)15(2)31-25)10-12-27(17,4)21(19)11-13-26(16,20)3/h5-6,15-16,18-25,28-30H,1,7-14H2,2-4H3/t15-,16-,18-,19-,20-,21-,22-,23-,24+,25+,26+,27-/m0/s1. The first-order valence-corrected chi connectivity index (χ1v) is 12.9. The van der Waals surface area contributed by atoms with Gasteiger partial charge in [0.2, 0.25) is 0 Å². The third kappa shape index (κ3) is 3.38. The highest BCUT2D eigenvalue weighted by Gasteiger charge is 2.58. The summed E-state index contributed by atoms with van der Waals surface area (Å²) in [4.78, 5) is 0. The molecule has 0 unspecified atom stereocenters. The first-order valence-electron chi connectivity index (χ1n) is 12.9. The van der Waals surface area contributed by atoms with Crippen LogP contribution in [0, 0.1) is 34.5 Å². The molecule has 0 aromatic carbocycles. The van der Waals surface area contributed by atoms with E-state index in [0.717, 1.165) is 37.0 Å². The van der Waals surface area contributed by atoms with Gasteiger partial charge < -0.3 is 24.8 Å². The van der Waals surface area contributed by atoms with Crippen LogP contribution in [0.4, 0.5) is 0 Å². The average Bonchev–Trinajstić information content (AvgIpc) is 3.12. The van der Waals surface area contributed by atoms with Crippen molar-refractivity contribution < 1.29 is 24.8 Å². The lowest BCUT2D eigenvalue weighted by Gasteiger charge is -2.58. The fourth-order valence-corrected chi connectivity index (χ4v) is 8.49. The van der Waals surface area contributed by atoms with Crippen molar-refractivity contribution in [1.82, 2.24) is 0 Å². The van der Waals surface area contributed by atoms with Crippen LogP contribution in [0.5, 0.6) is 0 Å². The molecule has 0 amide bonds. The molecule has 5 heteroatoms. The SMILES string of the molecule is C=C[C@H]1CC[C@H]2[C@@H]3CC=C4C[C@@H](O[C@H]5O[C@@H](C)[C@H](O)[C@H](O)[C@H]5O)CC[C@]4(C)[C@H]3CC[C@]12C. The molecule has 180 valence electrons. The van der Waals surface area contributed by atoms with Crippen LogP contribution >= 0.6 is 0 Å². The first kappa shape index (κ1) is 23.0. The van der Waals surface area contributed by atoms with Crippen LogP contribution in [0.2, 0.25) is 0 Å². The highest BCUT2D eigenvalue weighted by Crippen LogP contribution is 2.66. The molecule has 0 bridgehead atoms. The van der Waals surface area contributed by atoms with E-state index < -0.39 is 30.7 Å². The number of fused-ring (bicyclic) bond motifs is 5. The van der Waals surface area contributed by atoms with Gasteiger partial charge in [0.15, 0.2) is 6.29 Å². The maximum Gasteiger partial charge on any atom is 0.186 e. The van der Waals surface area contributed by atoms with E-state index in [4.69, 9.17) is 9.47 Å². The number of hydrogen-bond acceptors (Lipinski definition) is 5. The van der Waals surface area contributed by atoms with Crippen LogP contribution in [-0.4, -0.2) is 52.1 Å². The van der Waals surface area contributed by atoms with Gasteiger partial charge >= 0.3 is 0 Å². The van der Waals surface area contributed by atoms with Gasteiger partial charge in [-0.15, -0.1) is 6.58 Å². The molecule has 0 radical (unpaired) electrons. The maximum atomic E-state index is 10.4. The van der Waals surface area contributed by atoms with Gasteiger partial charge in [0.25, 0.3) is 0 Å². The van der Waals surface area contributed by atoms with E-state index in [2.05, 4.69) is 32.6 Å². The molecule has 1 heterocycles. The second kappa shape index (κ2) is 8.20. The maximum absolute atomic E-state index is 10.4. The Labute approximate surface area is 192 Å². The summed E-state index contributed by atoms with van der Waals surface area (Å²) in [5.74, 6) is 3.02. The van der Waals surface area contributed by atoms with Crippen LogP contribution in [-0.2, 0) is 9.47 Å². The van der Waals surface area contributed by atoms with Gasteiger partial charge in [-0.3, -0.25) is 0 Å². The summed E-state index contributed by atoms with van der Waals surface area (Å²) in [6.07, 6.45) is 9.08. The Morgan fingerprint density at radius 3 is 2.56 bits per heavy atom. The van der Waals surface area contributed by atoms with Crippen molar-refractivity contribution in [3.63, 3.8) is 0 Å². The third-order valence-electron chi connectivity index (χ3n) is 10.6. The summed E-state index contributed by atoms with van der Waals surface area (Å²) in [7, 11) is 0. The lowest BCUT2D eigenvalue weighted by Crippen LogP contribution is -2.58. The van der Waals surface area contributed by atoms with Gasteiger partial charge in [0, 0.05) is 0 Å². The monoisotopic (exact) mass is 446 g/mol. The molecule has 5 nitrogen and oxygen atoms in total. The van der Waals surface area contributed by atoms with Gasteiger partial charge in [0.05, 0.1) is 12.2 Å². The number of hydrogen-bond donors (Lipinski definition) is 3. The van der Waals surface area contributed by atoms with E-state index >= 15 is 0 Å². The van der Waals surface area contributed by atoms with Gasteiger partial charge in [-0.05, 0) is 92.8 Å². The summed E-state index contributed by atoms with van der Waals surface area (Å²) in [5, 5.41) is 30.4. The summed E-state index contributed by atoms with van der Waals surface area (Å²) in [5.41, 5.74) is 2.20. The van der Waals surface area contributed by atoms with Gasteiger partial charge in [-0.1, -0.05) is 31.6 Å². The number of ether oxygens (including phenoxy) is 2. The molecular weight excluding hydrogens is 404 g/mol. The smallest absolute Gasteiger partial charge is 0.186 e. The fourth-order valence-electron chi connectivity index (χ4n) is 8.49. The molecule has 4 aliphatic carbocycles. The van der Waals surface area contributed by atoms with Crippen LogP contribution < -0.4 is 0 Å². The highest BCUT2D eigenvalue weighted by molar-refractivity contribution is 5.25. The molecule has 0 aromatic rings. The lowest BCUT2D eigenvalue weighted by molar-refractivity contribution is -0.305. The predicted octanol–water partition coefficient (Wildman–Crippen LogP) is 3.96. The van der Waals surface area contributed by atoms with E-state index in [9.17, 15) is 15.3 Å². The number of aliphatic hydroxyl groups is 3. The van der Waals surface area contributed by atoms with E-state index in [1.807, 2.05) is 0 Å². The molecule has 0 spiro atoms. The Morgan fingerprint density at radius 1 is 1.03 bits per heavy atom. The van der Waals surface area contributed by atoms with Crippen LogP contribution in [0.25, 0.3) is 0 Å². The van der Waals surface area contributed by atoms with E-state index in [1.54, 1.807) is 6.92 Å². The fraction of sp³-hybridized carbons (Fsp3) is 0.852. The van der Waals surface area contributed by atoms with Crippen LogP contribution in [0.15, 0.2) is 24.3 Å². The van der Waals surface area contributed by atoms with Gasteiger partial charge in [-0.2, -0.15) is 0 Å². The van der Waals surface area contributed by atoms with Crippen molar-refractivity contribution in [2.75, 3.05) is 0 Å². The molecule has 5 aliphatic rings. The van der Waals surface area contributed by atoms with Gasteiger partial charge in [0.1, 0.15) is 18.3 Å². The molecule has 1 aliphatic heterocycles. The third-order valence-corrected chi connectivity index (χ3v) is 10.6. The van der Waals surface area contributed by atoms with Crippen molar-refractivity contribution in [1.29, 1.82) is 0 Å². The largest absolute Gasteiger partial charge is 0.388 e. The zero-order chi connectivity index (χ0) is 22.8. The van der Waals surface area contributed by atoms with Crippen LogP contribution in [0.3, 0.4) is 0 Å². The number of aliphatic hydroxyl groups excluding tert-OH is 3. The lowest BCUT2D eigenvalue weighted by atomic mass is 9.47. The number of rotatable bonds is 3. The minimum absolute atomic E-state index is 0.0225. The Kier molecular flexibility index (Phi) is 5.90. The van der Waals surface area contributed by atoms with Crippen molar-refractivity contribution in [3.8, 4) is 0 Å². The molecular formula is C27H42O5. The van der Waals surface area contributed by atoms with E-state index in [1.165, 1.54) is 37.7 Å². The average molecular weight is 447 g/mol. The molecule has 5 rings (SSSR count). The molecule has 0 aromatic heterocycles. The van der Waals surface area contributed by atoms with Crippen LogP contribution in [0.1, 0.15) is 72.1 Å². The topological polar surface area (TPSA) is 79.2 Å². The zero-order valence-corrected chi connectivity index (χ0v) is 20.0. The highest BCUT2D eigenvalue weighted by atomic mass is 16.7. The summed E-state index contributed by atoms with van der Waals surface area (Å²) >= 11 is 0. The van der Waals surface area contributed by atoms with E-state index in [-0.39, 0.29) is 11.5 Å². The van der Waals surface area contributed by atoms with E-state index in [0.29, 0.717) is 11.3 Å². The normalized spacial score (nSPS) is 55.4. The Bertz CT molecular complexity index is 765. The summed E-state index contributed by atoms with van der Waals surface area (Å²) < 4.78 is 11.9. The second-order valence-corrected chi connectivity index (χ2v) is 11.9. The minimum atomic E-state index is -1.24.